The second-order valence-corrected chi connectivity index (χ2v) is 9.32. The van der Waals surface area contributed by atoms with E-state index in [-0.39, 0.29) is 11.4 Å². The second kappa shape index (κ2) is 9.27. The quantitative estimate of drug-likeness (QED) is 0.412. The fourth-order valence-corrected chi connectivity index (χ4v) is 5.10. The summed E-state index contributed by atoms with van der Waals surface area (Å²) in [5.74, 6) is 1.04. The summed E-state index contributed by atoms with van der Waals surface area (Å²) in [6.07, 6.45) is -1.99. The molecule has 0 bridgehead atoms. The van der Waals surface area contributed by atoms with Crippen LogP contribution in [0.5, 0.6) is 5.75 Å². The van der Waals surface area contributed by atoms with Gasteiger partial charge in [0.1, 0.15) is 16.6 Å². The zero-order chi connectivity index (χ0) is 24.6. The van der Waals surface area contributed by atoms with Crippen molar-refractivity contribution in [2.75, 3.05) is 13.7 Å². The van der Waals surface area contributed by atoms with Crippen LogP contribution in [0.2, 0.25) is 0 Å². The molecular weight excluding hydrogens is 477 g/mol. The third-order valence-electron chi connectivity index (χ3n) is 5.90. The van der Waals surface area contributed by atoms with Gasteiger partial charge in [-0.25, -0.2) is 9.97 Å². The molecule has 0 unspecified atom stereocenters. The number of para-hydroxylation sites is 1. The lowest BCUT2D eigenvalue weighted by Crippen LogP contribution is -2.35. The smallest absolute Gasteiger partial charge is 0.416 e. The molecule has 0 saturated heterocycles. The van der Waals surface area contributed by atoms with E-state index in [1.54, 1.807) is 18.4 Å². The fraction of sp³-hybridized carbons (Fsp3) is 0.240. The summed E-state index contributed by atoms with van der Waals surface area (Å²) in [4.78, 5) is 27.9. The van der Waals surface area contributed by atoms with E-state index < -0.39 is 11.7 Å². The summed E-state index contributed by atoms with van der Waals surface area (Å²) in [6, 6.07) is 12.4. The number of alkyl halides is 3. The molecule has 2 aromatic heterocycles. The minimum absolute atomic E-state index is 0.270. The predicted octanol–water partition coefficient (Wildman–Crippen LogP) is 5.15. The van der Waals surface area contributed by atoms with E-state index in [1.807, 2.05) is 30.5 Å². The van der Waals surface area contributed by atoms with E-state index in [1.165, 1.54) is 12.1 Å². The van der Waals surface area contributed by atoms with E-state index in [4.69, 9.17) is 4.74 Å². The van der Waals surface area contributed by atoms with Crippen LogP contribution in [-0.4, -0.2) is 33.5 Å². The summed E-state index contributed by atoms with van der Waals surface area (Å²) in [7, 11) is 1.63. The number of H-pyrrole nitrogens is 1. The van der Waals surface area contributed by atoms with Crippen LogP contribution in [0.15, 0.2) is 59.5 Å². The van der Waals surface area contributed by atoms with Gasteiger partial charge in [-0.15, -0.1) is 11.3 Å². The Morgan fingerprint density at radius 2 is 1.91 bits per heavy atom. The molecule has 0 aliphatic carbocycles. The number of nitrogens with one attached hydrogen (secondary N) is 1. The topological polar surface area (TPSA) is 71.1 Å². The molecule has 1 N–H and O–H groups in total. The van der Waals surface area contributed by atoms with Crippen LogP contribution in [0.3, 0.4) is 0 Å². The molecule has 1 aliphatic rings. The molecule has 2 aromatic carbocycles. The van der Waals surface area contributed by atoms with Crippen molar-refractivity contribution in [2.24, 2.45) is 0 Å². The van der Waals surface area contributed by atoms with Crippen LogP contribution in [0, 0.1) is 0 Å². The van der Waals surface area contributed by atoms with Gasteiger partial charge in [-0.3, -0.25) is 9.69 Å². The van der Waals surface area contributed by atoms with Gasteiger partial charge in [-0.2, -0.15) is 13.2 Å². The maximum Gasteiger partial charge on any atom is 0.416 e. The molecule has 0 fully saturated rings. The van der Waals surface area contributed by atoms with Crippen molar-refractivity contribution in [3.63, 3.8) is 0 Å². The molecule has 4 aromatic rings. The summed E-state index contributed by atoms with van der Waals surface area (Å²) >= 11 is 1.58. The van der Waals surface area contributed by atoms with Crippen molar-refractivity contribution in [3.05, 3.63) is 86.8 Å². The summed E-state index contributed by atoms with van der Waals surface area (Å²) in [5, 5.41) is 0.871. The highest BCUT2D eigenvalue weighted by Gasteiger charge is 2.30. The first-order chi connectivity index (χ1) is 16.8. The van der Waals surface area contributed by atoms with Gasteiger partial charge in [-0.05, 0) is 24.3 Å². The first-order valence-electron chi connectivity index (χ1n) is 10.9. The highest BCUT2D eigenvalue weighted by Crippen LogP contribution is 2.34. The molecule has 1 aliphatic heterocycles. The molecular formula is C25H21F3N4O2S. The van der Waals surface area contributed by atoms with Gasteiger partial charge in [0.25, 0.3) is 5.56 Å². The summed E-state index contributed by atoms with van der Waals surface area (Å²) < 4.78 is 44.0. The van der Waals surface area contributed by atoms with E-state index >= 15 is 0 Å². The van der Waals surface area contributed by atoms with Gasteiger partial charge in [0.05, 0.1) is 29.5 Å². The van der Waals surface area contributed by atoms with Gasteiger partial charge < -0.3 is 9.72 Å². The first-order valence-corrected chi connectivity index (χ1v) is 11.7. The van der Waals surface area contributed by atoms with Gasteiger partial charge in [0.2, 0.25) is 0 Å². The molecule has 0 radical (unpaired) electrons. The molecule has 35 heavy (non-hydrogen) atoms. The van der Waals surface area contributed by atoms with Crippen molar-refractivity contribution in [2.45, 2.75) is 25.7 Å². The van der Waals surface area contributed by atoms with Gasteiger partial charge in [0, 0.05) is 42.7 Å². The number of aromatic nitrogens is 3. The number of halogens is 3. The summed E-state index contributed by atoms with van der Waals surface area (Å²) in [5.41, 5.74) is 1.63. The molecule has 0 atom stereocenters. The van der Waals surface area contributed by atoms with E-state index in [9.17, 15) is 18.0 Å². The minimum atomic E-state index is -4.41. The normalized spacial score (nSPS) is 14.1. The zero-order valence-electron chi connectivity index (χ0n) is 18.7. The lowest BCUT2D eigenvalue weighted by molar-refractivity contribution is -0.137. The van der Waals surface area contributed by atoms with Crippen LogP contribution in [0.4, 0.5) is 13.2 Å². The molecule has 6 nitrogen and oxygen atoms in total. The Morgan fingerprint density at radius 3 is 2.66 bits per heavy atom. The number of thiazole rings is 1. The fourth-order valence-electron chi connectivity index (χ4n) is 4.12. The number of methoxy groups -OCH3 is 1. The molecule has 10 heteroatoms. The van der Waals surface area contributed by atoms with E-state index in [2.05, 4.69) is 19.9 Å². The van der Waals surface area contributed by atoms with Crippen LogP contribution < -0.4 is 10.3 Å². The minimum Gasteiger partial charge on any atom is -0.496 e. The number of ether oxygens (including phenoxy) is 1. The molecule has 5 rings (SSSR count). The van der Waals surface area contributed by atoms with Gasteiger partial charge in [-0.1, -0.05) is 24.3 Å². The summed E-state index contributed by atoms with van der Waals surface area (Å²) in [6.45, 7) is 1.79. The van der Waals surface area contributed by atoms with Crippen molar-refractivity contribution in [3.8, 4) is 27.7 Å². The van der Waals surface area contributed by atoms with Gasteiger partial charge in [0.15, 0.2) is 0 Å². The number of fused-ring (bicyclic) bond motifs is 1. The lowest BCUT2D eigenvalue weighted by Gasteiger charge is -2.27. The Balaban J connectivity index is 1.32. The Morgan fingerprint density at radius 1 is 1.14 bits per heavy atom. The van der Waals surface area contributed by atoms with Crippen molar-refractivity contribution in [1.82, 2.24) is 19.9 Å². The van der Waals surface area contributed by atoms with Crippen molar-refractivity contribution >= 4 is 11.3 Å². The predicted molar refractivity (Wildman–Crippen MR) is 127 cm³/mol. The molecule has 180 valence electrons. The monoisotopic (exact) mass is 498 g/mol. The Labute approximate surface area is 203 Å². The Bertz CT molecular complexity index is 1410. The number of nitrogens with zero attached hydrogens (tertiary/aromatic N) is 3. The Kier molecular flexibility index (Phi) is 6.16. The highest BCUT2D eigenvalue weighted by molar-refractivity contribution is 7.15. The van der Waals surface area contributed by atoms with E-state index in [0.29, 0.717) is 42.9 Å². The van der Waals surface area contributed by atoms with Crippen LogP contribution in [0.25, 0.3) is 22.0 Å². The largest absolute Gasteiger partial charge is 0.496 e. The van der Waals surface area contributed by atoms with E-state index in [0.717, 1.165) is 33.3 Å². The maximum absolute atomic E-state index is 12.8. The first kappa shape index (κ1) is 23.3. The number of rotatable bonds is 5. The SMILES string of the molecule is COc1ccccc1-c1ncc(CN2CCc3nc(-c4ccc(C(F)(F)F)cc4)[nH]c(=O)c3C2)s1. The third-order valence-corrected chi connectivity index (χ3v) is 6.92. The average molecular weight is 499 g/mol. The lowest BCUT2D eigenvalue weighted by atomic mass is 10.1. The van der Waals surface area contributed by atoms with Crippen LogP contribution in [-0.2, 0) is 25.7 Å². The average Bonchev–Trinajstić information content (AvgIpc) is 3.32. The maximum atomic E-state index is 12.8. The third kappa shape index (κ3) is 4.85. The second-order valence-electron chi connectivity index (χ2n) is 8.21. The molecule has 0 amide bonds. The number of hydrogen-bond acceptors (Lipinski definition) is 6. The Hall–Kier alpha value is -3.50. The molecule has 0 spiro atoms. The molecule has 0 saturated carbocycles. The van der Waals surface area contributed by atoms with Crippen molar-refractivity contribution in [1.29, 1.82) is 0 Å². The van der Waals surface area contributed by atoms with Gasteiger partial charge >= 0.3 is 6.18 Å². The van der Waals surface area contributed by atoms with Crippen LogP contribution in [0.1, 0.15) is 21.7 Å². The van der Waals surface area contributed by atoms with Crippen LogP contribution >= 0.6 is 11.3 Å². The molecule has 3 heterocycles. The number of aromatic amines is 1. The number of benzene rings is 2. The van der Waals surface area contributed by atoms with Crippen molar-refractivity contribution < 1.29 is 17.9 Å². The highest BCUT2D eigenvalue weighted by atomic mass is 32.1. The number of hydrogen-bond donors (Lipinski definition) is 1. The standard InChI is InChI=1S/C25H21F3N4O2S/c1-34-21-5-3-2-4-18(21)24-29-12-17(35-24)13-32-11-10-20-19(14-32)23(33)31-22(30-20)15-6-8-16(9-7-15)25(26,27)28/h2-9,12H,10-11,13-14H2,1H3,(H,30,31,33). The zero-order valence-corrected chi connectivity index (χ0v) is 19.5.